The third-order valence-electron chi connectivity index (χ3n) is 2.99. The molecule has 0 radical (unpaired) electrons. The van der Waals surface area contributed by atoms with E-state index in [4.69, 9.17) is 11.6 Å². The highest BCUT2D eigenvalue weighted by molar-refractivity contribution is 7.98. The van der Waals surface area contributed by atoms with Crippen LogP contribution in [0.5, 0.6) is 0 Å². The number of halogens is 1. The third-order valence-corrected chi connectivity index (χ3v) is 4.26. The lowest BCUT2D eigenvalue weighted by Gasteiger charge is -2.05. The molecule has 0 amide bonds. The molecule has 1 aromatic heterocycles. The molecule has 0 saturated heterocycles. The number of thioether (sulfide) groups is 1. The minimum Gasteiger partial charge on any atom is -0.231 e. The zero-order valence-corrected chi connectivity index (χ0v) is 12.8. The Morgan fingerprint density at radius 3 is 2.48 bits per heavy atom. The first-order chi connectivity index (χ1) is 10.3. The summed E-state index contributed by atoms with van der Waals surface area (Å²) in [7, 11) is 0. The molecule has 0 N–H and O–H groups in total. The van der Waals surface area contributed by atoms with Gasteiger partial charge < -0.3 is 0 Å². The van der Waals surface area contributed by atoms with Crippen LogP contribution in [-0.2, 0) is 5.75 Å². The molecule has 21 heavy (non-hydrogen) atoms. The highest BCUT2D eigenvalue weighted by atomic mass is 35.5. The lowest BCUT2D eigenvalue weighted by molar-refractivity contribution is 0.972. The molecule has 0 bridgehead atoms. The highest BCUT2D eigenvalue weighted by Gasteiger charge is 2.06. The summed E-state index contributed by atoms with van der Waals surface area (Å²) in [4.78, 5) is 8.90. The topological polar surface area (TPSA) is 25.8 Å². The second kappa shape index (κ2) is 6.74. The first-order valence-electron chi connectivity index (χ1n) is 6.57. The molecule has 104 valence electrons. The van der Waals surface area contributed by atoms with Crippen molar-refractivity contribution in [2.45, 2.75) is 10.9 Å². The SMILES string of the molecule is Clc1ccccc1-c1ccnc(SCc2ccccc2)n1. The summed E-state index contributed by atoms with van der Waals surface area (Å²) >= 11 is 7.84. The molecule has 0 spiro atoms. The van der Waals surface area contributed by atoms with Crippen LogP contribution in [0.4, 0.5) is 0 Å². The Balaban J connectivity index is 1.79. The van der Waals surface area contributed by atoms with Gasteiger partial charge in [-0.1, -0.05) is 71.9 Å². The van der Waals surface area contributed by atoms with Crippen LogP contribution in [0.3, 0.4) is 0 Å². The van der Waals surface area contributed by atoms with Gasteiger partial charge in [-0.15, -0.1) is 0 Å². The molecule has 3 rings (SSSR count). The Morgan fingerprint density at radius 2 is 1.67 bits per heavy atom. The van der Waals surface area contributed by atoms with Crippen LogP contribution in [0.25, 0.3) is 11.3 Å². The number of hydrogen-bond donors (Lipinski definition) is 0. The van der Waals surface area contributed by atoms with E-state index in [0.717, 1.165) is 22.2 Å². The lowest BCUT2D eigenvalue weighted by Crippen LogP contribution is -1.91. The summed E-state index contributed by atoms with van der Waals surface area (Å²) in [6.07, 6.45) is 1.78. The average molecular weight is 313 g/mol. The second-order valence-corrected chi connectivity index (χ2v) is 5.83. The molecule has 0 aliphatic rings. The van der Waals surface area contributed by atoms with Crippen molar-refractivity contribution in [3.63, 3.8) is 0 Å². The van der Waals surface area contributed by atoms with Gasteiger partial charge in [-0.3, -0.25) is 0 Å². The number of benzene rings is 2. The molecule has 0 unspecified atom stereocenters. The fraction of sp³-hybridized carbons (Fsp3) is 0.0588. The Hall–Kier alpha value is -1.84. The maximum absolute atomic E-state index is 6.22. The Bertz CT molecular complexity index is 732. The van der Waals surface area contributed by atoms with E-state index in [1.165, 1.54) is 5.56 Å². The summed E-state index contributed by atoms with van der Waals surface area (Å²) in [6, 6.07) is 19.9. The molecule has 2 aromatic carbocycles. The van der Waals surface area contributed by atoms with Crippen molar-refractivity contribution in [2.24, 2.45) is 0 Å². The molecule has 0 atom stereocenters. The maximum Gasteiger partial charge on any atom is 0.188 e. The van der Waals surface area contributed by atoms with Crippen LogP contribution < -0.4 is 0 Å². The normalized spacial score (nSPS) is 10.5. The van der Waals surface area contributed by atoms with E-state index in [2.05, 4.69) is 22.1 Å². The standard InChI is InChI=1S/C17H13ClN2S/c18-15-9-5-4-8-14(15)16-10-11-19-17(20-16)21-12-13-6-2-1-3-7-13/h1-11H,12H2. The fourth-order valence-corrected chi connectivity index (χ4v) is 2.97. The van der Waals surface area contributed by atoms with Crippen LogP contribution in [0.2, 0.25) is 5.02 Å². The van der Waals surface area contributed by atoms with Crippen LogP contribution in [0.15, 0.2) is 72.0 Å². The molecule has 0 aliphatic carbocycles. The van der Waals surface area contributed by atoms with E-state index in [1.807, 2.05) is 48.5 Å². The molecule has 3 aromatic rings. The lowest BCUT2D eigenvalue weighted by atomic mass is 10.1. The van der Waals surface area contributed by atoms with E-state index in [0.29, 0.717) is 5.02 Å². The molecular weight excluding hydrogens is 300 g/mol. The van der Waals surface area contributed by atoms with E-state index in [9.17, 15) is 0 Å². The van der Waals surface area contributed by atoms with Crippen molar-refractivity contribution >= 4 is 23.4 Å². The minimum atomic E-state index is 0.704. The van der Waals surface area contributed by atoms with Crippen molar-refractivity contribution < 1.29 is 0 Å². The number of rotatable bonds is 4. The first-order valence-corrected chi connectivity index (χ1v) is 7.94. The van der Waals surface area contributed by atoms with Crippen molar-refractivity contribution in [3.05, 3.63) is 77.4 Å². The smallest absolute Gasteiger partial charge is 0.188 e. The Morgan fingerprint density at radius 1 is 0.905 bits per heavy atom. The second-order valence-electron chi connectivity index (χ2n) is 4.48. The van der Waals surface area contributed by atoms with Crippen LogP contribution in [0, 0.1) is 0 Å². The predicted molar refractivity (Wildman–Crippen MR) is 88.5 cm³/mol. The number of hydrogen-bond acceptors (Lipinski definition) is 3. The monoisotopic (exact) mass is 312 g/mol. The van der Waals surface area contributed by atoms with Crippen molar-refractivity contribution in [1.82, 2.24) is 9.97 Å². The zero-order chi connectivity index (χ0) is 14.5. The predicted octanol–water partition coefficient (Wildman–Crippen LogP) is 5.09. The molecular formula is C17H13ClN2S. The largest absolute Gasteiger partial charge is 0.231 e. The molecule has 4 heteroatoms. The van der Waals surface area contributed by atoms with Crippen LogP contribution in [0.1, 0.15) is 5.56 Å². The molecule has 1 heterocycles. The summed E-state index contributed by atoms with van der Waals surface area (Å²) < 4.78 is 0. The van der Waals surface area contributed by atoms with Gasteiger partial charge in [-0.25, -0.2) is 9.97 Å². The maximum atomic E-state index is 6.22. The quantitative estimate of drug-likeness (QED) is 0.496. The van der Waals surface area contributed by atoms with Gasteiger partial charge in [0, 0.05) is 22.5 Å². The fourth-order valence-electron chi connectivity index (χ4n) is 1.95. The van der Waals surface area contributed by atoms with Crippen molar-refractivity contribution in [1.29, 1.82) is 0 Å². The molecule has 0 aliphatic heterocycles. The average Bonchev–Trinajstić information content (AvgIpc) is 2.55. The van der Waals surface area contributed by atoms with Gasteiger partial charge in [0.15, 0.2) is 5.16 Å². The molecule has 0 saturated carbocycles. The summed E-state index contributed by atoms with van der Waals surface area (Å²) in [6.45, 7) is 0. The number of nitrogens with zero attached hydrogens (tertiary/aromatic N) is 2. The van der Waals surface area contributed by atoms with E-state index in [1.54, 1.807) is 18.0 Å². The van der Waals surface area contributed by atoms with E-state index < -0.39 is 0 Å². The van der Waals surface area contributed by atoms with E-state index >= 15 is 0 Å². The van der Waals surface area contributed by atoms with Gasteiger partial charge in [0.1, 0.15) is 0 Å². The van der Waals surface area contributed by atoms with Gasteiger partial charge in [0.25, 0.3) is 0 Å². The molecule has 0 fully saturated rings. The summed E-state index contributed by atoms with van der Waals surface area (Å²) in [5.74, 6) is 0.854. The Kier molecular flexibility index (Phi) is 4.53. The highest BCUT2D eigenvalue weighted by Crippen LogP contribution is 2.27. The van der Waals surface area contributed by atoms with Gasteiger partial charge >= 0.3 is 0 Å². The van der Waals surface area contributed by atoms with Crippen molar-refractivity contribution in [2.75, 3.05) is 0 Å². The summed E-state index contributed by atoms with van der Waals surface area (Å²) in [5.41, 5.74) is 3.04. The van der Waals surface area contributed by atoms with E-state index in [-0.39, 0.29) is 0 Å². The van der Waals surface area contributed by atoms with Gasteiger partial charge in [0.05, 0.1) is 5.69 Å². The van der Waals surface area contributed by atoms with Crippen molar-refractivity contribution in [3.8, 4) is 11.3 Å². The van der Waals surface area contributed by atoms with Crippen LogP contribution >= 0.6 is 23.4 Å². The third kappa shape index (κ3) is 3.63. The Labute approximate surface area is 133 Å². The van der Waals surface area contributed by atoms with Crippen LogP contribution in [-0.4, -0.2) is 9.97 Å². The van der Waals surface area contributed by atoms with Gasteiger partial charge in [-0.05, 0) is 17.7 Å². The number of aromatic nitrogens is 2. The first kappa shape index (κ1) is 14.1. The minimum absolute atomic E-state index is 0.704. The molecule has 2 nitrogen and oxygen atoms in total. The van der Waals surface area contributed by atoms with Gasteiger partial charge in [0.2, 0.25) is 0 Å². The van der Waals surface area contributed by atoms with Gasteiger partial charge in [-0.2, -0.15) is 0 Å². The summed E-state index contributed by atoms with van der Waals surface area (Å²) in [5, 5.41) is 1.46. The zero-order valence-electron chi connectivity index (χ0n) is 11.2.